The van der Waals surface area contributed by atoms with Crippen LogP contribution in [0.4, 0.5) is 0 Å². The lowest BCUT2D eigenvalue weighted by Crippen LogP contribution is -2.17. The van der Waals surface area contributed by atoms with Crippen LogP contribution >= 0.6 is 27.5 Å². The third-order valence-electron chi connectivity index (χ3n) is 2.67. The molecule has 0 aliphatic carbocycles. The largest absolute Gasteiger partial charge is 0.334 e. The first-order valence-corrected chi connectivity index (χ1v) is 6.52. The molecule has 3 nitrogen and oxygen atoms in total. The lowest BCUT2D eigenvalue weighted by atomic mass is 10.1. The lowest BCUT2D eigenvalue weighted by molar-refractivity contribution is 0.656. The molecule has 0 radical (unpaired) electrons. The topological polar surface area (TPSA) is 43.8 Å². The molecule has 1 aromatic heterocycles. The van der Waals surface area contributed by atoms with Crippen molar-refractivity contribution in [1.82, 2.24) is 9.55 Å². The SMILES string of the molecule is CCn1ccnc1C(N)c1ccc(Cl)c(Br)c1. The van der Waals surface area contributed by atoms with Crippen molar-refractivity contribution in [3.63, 3.8) is 0 Å². The van der Waals surface area contributed by atoms with Crippen molar-refractivity contribution in [3.8, 4) is 0 Å². The van der Waals surface area contributed by atoms with Crippen molar-refractivity contribution < 1.29 is 0 Å². The summed E-state index contributed by atoms with van der Waals surface area (Å²) in [5, 5.41) is 0.680. The lowest BCUT2D eigenvalue weighted by Gasteiger charge is -2.14. The summed E-state index contributed by atoms with van der Waals surface area (Å²) >= 11 is 9.36. The van der Waals surface area contributed by atoms with E-state index in [4.69, 9.17) is 17.3 Å². The Balaban J connectivity index is 2.36. The van der Waals surface area contributed by atoms with Gasteiger partial charge < -0.3 is 10.3 Å². The van der Waals surface area contributed by atoms with E-state index in [0.29, 0.717) is 5.02 Å². The van der Waals surface area contributed by atoms with Gasteiger partial charge in [-0.2, -0.15) is 0 Å². The van der Waals surface area contributed by atoms with Gasteiger partial charge in [-0.3, -0.25) is 0 Å². The highest BCUT2D eigenvalue weighted by Gasteiger charge is 2.14. The van der Waals surface area contributed by atoms with Gasteiger partial charge in [0, 0.05) is 23.4 Å². The van der Waals surface area contributed by atoms with Crippen molar-refractivity contribution >= 4 is 27.5 Å². The van der Waals surface area contributed by atoms with Gasteiger partial charge in [-0.05, 0) is 40.5 Å². The second kappa shape index (κ2) is 5.21. The van der Waals surface area contributed by atoms with Crippen LogP contribution in [0.1, 0.15) is 24.4 Å². The Hall–Kier alpha value is -0.840. The molecule has 2 N–H and O–H groups in total. The van der Waals surface area contributed by atoms with Gasteiger partial charge in [0.25, 0.3) is 0 Å². The minimum absolute atomic E-state index is 0.237. The highest BCUT2D eigenvalue weighted by Crippen LogP contribution is 2.27. The number of benzene rings is 1. The second-order valence-electron chi connectivity index (χ2n) is 3.72. The standard InChI is InChI=1S/C12H13BrClN3/c1-2-17-6-5-16-12(17)11(15)8-3-4-10(14)9(13)7-8/h3-7,11H,2,15H2,1H3. The quantitative estimate of drug-likeness (QED) is 0.944. The summed E-state index contributed by atoms with van der Waals surface area (Å²) in [5.41, 5.74) is 7.20. The molecule has 17 heavy (non-hydrogen) atoms. The predicted molar refractivity (Wildman–Crippen MR) is 73.1 cm³/mol. The maximum absolute atomic E-state index is 6.21. The van der Waals surface area contributed by atoms with Crippen LogP contribution in [0, 0.1) is 0 Å². The predicted octanol–water partition coefficient (Wildman–Crippen LogP) is 3.37. The minimum Gasteiger partial charge on any atom is -0.334 e. The monoisotopic (exact) mass is 313 g/mol. The van der Waals surface area contributed by atoms with E-state index in [1.807, 2.05) is 29.0 Å². The van der Waals surface area contributed by atoms with Crippen LogP contribution in [0.15, 0.2) is 35.1 Å². The molecular formula is C12H13BrClN3. The van der Waals surface area contributed by atoms with E-state index in [9.17, 15) is 0 Å². The number of aromatic nitrogens is 2. The van der Waals surface area contributed by atoms with Crippen molar-refractivity contribution in [2.45, 2.75) is 19.5 Å². The Morgan fingerprint density at radius 2 is 2.29 bits per heavy atom. The van der Waals surface area contributed by atoms with Gasteiger partial charge in [0.1, 0.15) is 5.82 Å². The first-order chi connectivity index (χ1) is 8.13. The normalized spacial score (nSPS) is 12.7. The summed E-state index contributed by atoms with van der Waals surface area (Å²) < 4.78 is 2.88. The summed E-state index contributed by atoms with van der Waals surface area (Å²) in [6.45, 7) is 2.92. The van der Waals surface area contributed by atoms with Crippen molar-refractivity contribution in [2.75, 3.05) is 0 Å². The van der Waals surface area contributed by atoms with Crippen LogP contribution in [0.2, 0.25) is 5.02 Å². The van der Waals surface area contributed by atoms with Gasteiger partial charge in [-0.1, -0.05) is 17.7 Å². The second-order valence-corrected chi connectivity index (χ2v) is 4.98. The third-order valence-corrected chi connectivity index (χ3v) is 3.88. The Morgan fingerprint density at radius 3 is 2.94 bits per heavy atom. The molecule has 0 amide bonds. The van der Waals surface area contributed by atoms with E-state index in [2.05, 4.69) is 27.8 Å². The molecule has 1 atom stereocenters. The summed E-state index contributed by atoms with van der Waals surface area (Å²) in [6.07, 6.45) is 3.70. The molecule has 0 saturated heterocycles. The molecule has 0 saturated carbocycles. The zero-order valence-electron chi connectivity index (χ0n) is 9.40. The molecular weight excluding hydrogens is 302 g/mol. The molecule has 2 aromatic rings. The van der Waals surface area contributed by atoms with Gasteiger partial charge in [0.15, 0.2) is 0 Å². The maximum Gasteiger partial charge on any atom is 0.130 e. The van der Waals surface area contributed by atoms with Gasteiger partial charge in [-0.25, -0.2) is 4.98 Å². The molecule has 1 unspecified atom stereocenters. The van der Waals surface area contributed by atoms with Gasteiger partial charge in [0.05, 0.1) is 11.1 Å². The molecule has 1 heterocycles. The van der Waals surface area contributed by atoms with Gasteiger partial charge in [0.2, 0.25) is 0 Å². The number of nitrogens with two attached hydrogens (primary N) is 1. The van der Waals surface area contributed by atoms with Crippen molar-refractivity contribution in [1.29, 1.82) is 0 Å². The Morgan fingerprint density at radius 1 is 1.53 bits per heavy atom. The Labute approximate surface area is 114 Å². The highest BCUT2D eigenvalue weighted by atomic mass is 79.9. The fourth-order valence-corrected chi connectivity index (χ4v) is 2.24. The zero-order valence-corrected chi connectivity index (χ0v) is 11.7. The first-order valence-electron chi connectivity index (χ1n) is 5.35. The molecule has 5 heteroatoms. The van der Waals surface area contributed by atoms with E-state index in [0.717, 1.165) is 22.4 Å². The fraction of sp³-hybridized carbons (Fsp3) is 0.250. The van der Waals surface area contributed by atoms with Crippen LogP contribution in [-0.2, 0) is 6.54 Å². The van der Waals surface area contributed by atoms with Crippen molar-refractivity contribution in [3.05, 3.63) is 51.5 Å². The van der Waals surface area contributed by atoms with Crippen LogP contribution in [0.3, 0.4) is 0 Å². The number of nitrogens with zero attached hydrogens (tertiary/aromatic N) is 2. The zero-order chi connectivity index (χ0) is 12.4. The van der Waals surface area contributed by atoms with Gasteiger partial charge >= 0.3 is 0 Å². The van der Waals surface area contributed by atoms with E-state index in [1.54, 1.807) is 6.20 Å². The number of imidazole rings is 1. The smallest absolute Gasteiger partial charge is 0.130 e. The van der Waals surface area contributed by atoms with E-state index in [-0.39, 0.29) is 6.04 Å². The summed E-state index contributed by atoms with van der Waals surface area (Å²) in [6, 6.07) is 5.45. The van der Waals surface area contributed by atoms with E-state index in [1.165, 1.54) is 0 Å². The molecule has 90 valence electrons. The molecule has 0 aliphatic rings. The molecule has 0 aliphatic heterocycles. The number of hydrogen-bond donors (Lipinski definition) is 1. The van der Waals surface area contributed by atoms with Gasteiger partial charge in [-0.15, -0.1) is 0 Å². The summed E-state index contributed by atoms with van der Waals surface area (Å²) in [5.74, 6) is 0.863. The van der Waals surface area contributed by atoms with Crippen LogP contribution in [0.25, 0.3) is 0 Å². The average Bonchev–Trinajstić information content (AvgIpc) is 2.80. The molecule has 1 aromatic carbocycles. The van der Waals surface area contributed by atoms with E-state index < -0.39 is 0 Å². The van der Waals surface area contributed by atoms with Crippen LogP contribution in [-0.4, -0.2) is 9.55 Å². The van der Waals surface area contributed by atoms with E-state index >= 15 is 0 Å². The van der Waals surface area contributed by atoms with Crippen LogP contribution < -0.4 is 5.73 Å². The minimum atomic E-state index is -0.237. The highest BCUT2D eigenvalue weighted by molar-refractivity contribution is 9.10. The summed E-state index contributed by atoms with van der Waals surface area (Å²) in [4.78, 5) is 4.31. The summed E-state index contributed by atoms with van der Waals surface area (Å²) in [7, 11) is 0. The number of hydrogen-bond acceptors (Lipinski definition) is 2. The Bertz CT molecular complexity index is 524. The van der Waals surface area contributed by atoms with Crippen LogP contribution in [0.5, 0.6) is 0 Å². The first kappa shape index (κ1) is 12.6. The Kier molecular flexibility index (Phi) is 3.86. The molecule has 0 spiro atoms. The van der Waals surface area contributed by atoms with Crippen molar-refractivity contribution in [2.24, 2.45) is 5.73 Å². The number of halogens is 2. The number of rotatable bonds is 3. The fourth-order valence-electron chi connectivity index (χ4n) is 1.72. The number of aryl methyl sites for hydroxylation is 1. The maximum atomic E-state index is 6.21. The third kappa shape index (κ3) is 2.54. The molecule has 0 fully saturated rings. The average molecular weight is 315 g/mol. The molecule has 2 rings (SSSR count). The molecule has 0 bridgehead atoms.